The van der Waals surface area contributed by atoms with E-state index in [9.17, 15) is 0 Å². The second-order valence-electron chi connectivity index (χ2n) is 5.73. The Morgan fingerprint density at radius 3 is 2.67 bits per heavy atom. The first-order valence-electron chi connectivity index (χ1n) is 8.17. The number of ether oxygens (including phenoxy) is 2. The topological polar surface area (TPSA) is 95.2 Å². The first kappa shape index (κ1) is 18.7. The Labute approximate surface area is 165 Å². The lowest BCUT2D eigenvalue weighted by atomic mass is 10.1. The number of hydrogen-bond donors (Lipinski definition) is 2. The summed E-state index contributed by atoms with van der Waals surface area (Å²) >= 11 is 3.53. The van der Waals surface area contributed by atoms with Crippen molar-refractivity contribution in [3.05, 3.63) is 70.2 Å². The van der Waals surface area contributed by atoms with Crippen molar-refractivity contribution < 1.29 is 9.47 Å². The molecule has 27 heavy (non-hydrogen) atoms. The van der Waals surface area contributed by atoms with Gasteiger partial charge in [-0.05, 0) is 50.0 Å². The molecule has 0 aromatic heterocycles. The third-order valence-electron chi connectivity index (χ3n) is 3.88. The van der Waals surface area contributed by atoms with Gasteiger partial charge in [0.05, 0.1) is 17.8 Å². The van der Waals surface area contributed by atoms with Gasteiger partial charge in [0.1, 0.15) is 6.61 Å². The predicted octanol–water partition coefficient (Wildman–Crippen LogP) is 3.80. The largest absolute Gasteiger partial charge is 0.493 e. The Bertz CT molecular complexity index is 1010. The predicted molar refractivity (Wildman–Crippen MR) is 112 cm³/mol. The molecule has 3 aromatic rings. The number of nitrogens with two attached hydrogens (primary N) is 2. The molecule has 4 N–H and O–H groups in total. The van der Waals surface area contributed by atoms with Crippen molar-refractivity contribution in [3.63, 3.8) is 0 Å². The maximum atomic E-state index is 6.07. The lowest BCUT2D eigenvalue weighted by molar-refractivity contribution is 0.283. The van der Waals surface area contributed by atoms with Gasteiger partial charge in [-0.15, -0.1) is 5.10 Å². The maximum Gasteiger partial charge on any atom is 0.211 e. The van der Waals surface area contributed by atoms with Crippen molar-refractivity contribution in [1.82, 2.24) is 0 Å². The number of benzene rings is 3. The monoisotopic (exact) mass is 426 g/mol. The number of guanidine groups is 1. The molecule has 0 saturated heterocycles. The van der Waals surface area contributed by atoms with E-state index >= 15 is 0 Å². The van der Waals surface area contributed by atoms with E-state index < -0.39 is 0 Å². The Morgan fingerprint density at radius 1 is 1.11 bits per heavy atom. The molecule has 0 amide bonds. The minimum Gasteiger partial charge on any atom is -0.493 e. The van der Waals surface area contributed by atoms with Crippen LogP contribution in [0.1, 0.15) is 11.1 Å². The molecule has 0 saturated carbocycles. The molecule has 6 nitrogen and oxygen atoms in total. The van der Waals surface area contributed by atoms with Crippen LogP contribution in [-0.2, 0) is 6.61 Å². The van der Waals surface area contributed by atoms with Gasteiger partial charge in [0.2, 0.25) is 5.96 Å². The van der Waals surface area contributed by atoms with E-state index in [0.717, 1.165) is 21.0 Å². The van der Waals surface area contributed by atoms with E-state index in [2.05, 4.69) is 50.4 Å². The number of nitrogens with zero attached hydrogens (tertiary/aromatic N) is 2. The molecular formula is C20H19BrN4O2. The molecule has 0 atom stereocenters. The lowest BCUT2D eigenvalue weighted by Crippen LogP contribution is -2.21. The summed E-state index contributed by atoms with van der Waals surface area (Å²) in [6.45, 7) is 0.414. The Morgan fingerprint density at radius 2 is 1.89 bits per heavy atom. The Kier molecular flexibility index (Phi) is 5.93. The van der Waals surface area contributed by atoms with Crippen LogP contribution < -0.4 is 20.9 Å². The summed E-state index contributed by atoms with van der Waals surface area (Å²) < 4.78 is 12.3. The van der Waals surface area contributed by atoms with Gasteiger partial charge < -0.3 is 20.9 Å². The smallest absolute Gasteiger partial charge is 0.211 e. The van der Waals surface area contributed by atoms with Gasteiger partial charge in [-0.25, -0.2) is 0 Å². The summed E-state index contributed by atoms with van der Waals surface area (Å²) in [5, 5.41) is 9.74. The quantitative estimate of drug-likeness (QED) is 0.356. The summed E-state index contributed by atoms with van der Waals surface area (Å²) in [6.07, 6.45) is 1.53. The zero-order valence-electron chi connectivity index (χ0n) is 14.7. The number of fused-ring (bicyclic) bond motifs is 1. The highest BCUT2D eigenvalue weighted by Crippen LogP contribution is 2.37. The first-order valence-corrected chi connectivity index (χ1v) is 8.96. The average molecular weight is 427 g/mol. The number of methoxy groups -OCH3 is 1. The van der Waals surface area contributed by atoms with Crippen LogP contribution in [-0.4, -0.2) is 19.3 Å². The summed E-state index contributed by atoms with van der Waals surface area (Å²) in [5.74, 6) is 1.09. The highest BCUT2D eigenvalue weighted by Gasteiger charge is 2.12. The van der Waals surface area contributed by atoms with Crippen LogP contribution in [0.3, 0.4) is 0 Å². The first-order chi connectivity index (χ1) is 13.1. The molecule has 0 unspecified atom stereocenters. The van der Waals surface area contributed by atoms with Gasteiger partial charge in [-0.3, -0.25) is 0 Å². The van der Waals surface area contributed by atoms with Crippen LogP contribution in [0.4, 0.5) is 0 Å². The molecule has 0 aliphatic rings. The van der Waals surface area contributed by atoms with Crippen LogP contribution >= 0.6 is 15.9 Å². The minimum atomic E-state index is -0.104. The molecule has 3 aromatic carbocycles. The zero-order valence-corrected chi connectivity index (χ0v) is 16.3. The van der Waals surface area contributed by atoms with Crippen LogP contribution in [0.2, 0.25) is 0 Å². The Hall–Kier alpha value is -3.06. The second kappa shape index (κ2) is 8.55. The van der Waals surface area contributed by atoms with E-state index in [1.807, 2.05) is 24.3 Å². The van der Waals surface area contributed by atoms with E-state index in [1.54, 1.807) is 13.2 Å². The van der Waals surface area contributed by atoms with Crippen LogP contribution in [0.25, 0.3) is 10.8 Å². The average Bonchev–Trinajstić information content (AvgIpc) is 2.66. The van der Waals surface area contributed by atoms with Gasteiger partial charge in [0.25, 0.3) is 0 Å². The fourth-order valence-corrected chi connectivity index (χ4v) is 3.26. The van der Waals surface area contributed by atoms with Gasteiger partial charge in [-0.2, -0.15) is 5.10 Å². The number of hydrogen-bond acceptors (Lipinski definition) is 4. The van der Waals surface area contributed by atoms with Gasteiger partial charge in [0, 0.05) is 0 Å². The van der Waals surface area contributed by atoms with Gasteiger partial charge >= 0.3 is 0 Å². The number of halogens is 1. The molecule has 0 radical (unpaired) electrons. The zero-order chi connectivity index (χ0) is 19.2. The van der Waals surface area contributed by atoms with E-state index in [4.69, 9.17) is 20.9 Å². The standard InChI is InChI=1S/C20H19BrN4O2/c1-26-18-10-13(11-24-25-20(22)23)9-17(21)19(18)27-12-15-7-4-6-14-5-2-3-8-16(14)15/h2-11H,12H2,1H3,(H4,22,23,25)/b24-11+. The fraction of sp³-hybridized carbons (Fsp3) is 0.100. The number of rotatable bonds is 6. The van der Waals surface area contributed by atoms with Crippen molar-refractivity contribution in [2.24, 2.45) is 21.7 Å². The second-order valence-corrected chi connectivity index (χ2v) is 6.58. The molecule has 7 heteroatoms. The van der Waals surface area contributed by atoms with Crippen molar-refractivity contribution >= 4 is 38.9 Å². The highest BCUT2D eigenvalue weighted by molar-refractivity contribution is 9.10. The lowest BCUT2D eigenvalue weighted by Gasteiger charge is -2.14. The molecule has 0 aliphatic carbocycles. The molecule has 0 bridgehead atoms. The van der Waals surface area contributed by atoms with Crippen molar-refractivity contribution in [3.8, 4) is 11.5 Å². The third kappa shape index (κ3) is 4.57. The molecule has 0 spiro atoms. The van der Waals surface area contributed by atoms with E-state index in [1.165, 1.54) is 11.6 Å². The Balaban J connectivity index is 1.86. The third-order valence-corrected chi connectivity index (χ3v) is 4.47. The van der Waals surface area contributed by atoms with E-state index in [0.29, 0.717) is 18.1 Å². The normalized spacial score (nSPS) is 10.9. The molecule has 0 aliphatic heterocycles. The summed E-state index contributed by atoms with van der Waals surface area (Å²) in [5.41, 5.74) is 12.4. The molecule has 0 heterocycles. The SMILES string of the molecule is COc1cc(/C=N/N=C(N)N)cc(Br)c1OCc1cccc2ccccc12. The summed E-state index contributed by atoms with van der Waals surface area (Å²) in [6, 6.07) is 18.0. The summed E-state index contributed by atoms with van der Waals surface area (Å²) in [7, 11) is 1.59. The van der Waals surface area contributed by atoms with Crippen LogP contribution in [0.15, 0.2) is 69.3 Å². The van der Waals surface area contributed by atoms with E-state index in [-0.39, 0.29) is 5.96 Å². The van der Waals surface area contributed by atoms with Crippen LogP contribution in [0.5, 0.6) is 11.5 Å². The van der Waals surface area contributed by atoms with Gasteiger partial charge in [0.15, 0.2) is 11.5 Å². The van der Waals surface area contributed by atoms with Gasteiger partial charge in [-0.1, -0.05) is 42.5 Å². The highest BCUT2D eigenvalue weighted by atomic mass is 79.9. The van der Waals surface area contributed by atoms with Crippen molar-refractivity contribution in [2.75, 3.05) is 7.11 Å². The minimum absolute atomic E-state index is 0.104. The molecule has 3 rings (SSSR count). The fourth-order valence-electron chi connectivity index (χ4n) is 2.68. The van der Waals surface area contributed by atoms with Crippen molar-refractivity contribution in [1.29, 1.82) is 0 Å². The van der Waals surface area contributed by atoms with Crippen molar-refractivity contribution in [2.45, 2.75) is 6.61 Å². The summed E-state index contributed by atoms with van der Waals surface area (Å²) in [4.78, 5) is 0. The van der Waals surface area contributed by atoms with Crippen LogP contribution in [0, 0.1) is 0 Å². The molecular weight excluding hydrogens is 408 g/mol. The molecule has 138 valence electrons. The maximum absolute atomic E-state index is 6.07. The molecule has 0 fully saturated rings.